The second kappa shape index (κ2) is 7.56. The second-order valence-electron chi connectivity index (χ2n) is 4.56. The number of rotatable bonds is 8. The number of urea groups is 1. The topological polar surface area (TPSA) is 76.2 Å². The lowest BCUT2D eigenvalue weighted by Crippen LogP contribution is -2.35. The standard InChI is InChI=1S/C15H18N2O5/c1-2-16-13(18)14(19)17(15(16)20)8-9-21-10-11-22-12-6-4-3-5-7-12/h3-7H,2,8-11H2,1H3. The Kier molecular flexibility index (Phi) is 5.48. The van der Waals surface area contributed by atoms with Crippen LogP contribution in [-0.4, -0.2) is 60.6 Å². The summed E-state index contributed by atoms with van der Waals surface area (Å²) in [5, 5.41) is 0. The van der Waals surface area contributed by atoms with Gasteiger partial charge >= 0.3 is 17.8 Å². The van der Waals surface area contributed by atoms with Crippen molar-refractivity contribution >= 4 is 17.8 Å². The Hall–Kier alpha value is -2.41. The Labute approximate surface area is 128 Å². The Bertz CT molecular complexity index is 546. The summed E-state index contributed by atoms with van der Waals surface area (Å²) in [4.78, 5) is 36.7. The van der Waals surface area contributed by atoms with Gasteiger partial charge < -0.3 is 9.47 Å². The molecule has 22 heavy (non-hydrogen) atoms. The van der Waals surface area contributed by atoms with E-state index in [1.165, 1.54) is 0 Å². The molecule has 0 saturated carbocycles. The summed E-state index contributed by atoms with van der Waals surface area (Å²) in [5.74, 6) is -0.823. The van der Waals surface area contributed by atoms with Crippen molar-refractivity contribution in [2.45, 2.75) is 6.92 Å². The van der Waals surface area contributed by atoms with E-state index in [2.05, 4.69) is 0 Å². The van der Waals surface area contributed by atoms with Gasteiger partial charge in [-0.15, -0.1) is 0 Å². The zero-order chi connectivity index (χ0) is 15.9. The van der Waals surface area contributed by atoms with Gasteiger partial charge in [0.25, 0.3) is 0 Å². The van der Waals surface area contributed by atoms with Gasteiger partial charge in [0.05, 0.1) is 19.8 Å². The van der Waals surface area contributed by atoms with E-state index in [0.29, 0.717) is 13.2 Å². The number of carbonyl (C=O) groups is 3. The molecule has 0 spiro atoms. The maximum atomic E-state index is 11.8. The average molecular weight is 306 g/mol. The van der Waals surface area contributed by atoms with E-state index in [9.17, 15) is 14.4 Å². The molecule has 0 unspecified atom stereocenters. The van der Waals surface area contributed by atoms with Crippen LogP contribution in [0, 0.1) is 0 Å². The second-order valence-corrected chi connectivity index (χ2v) is 4.56. The maximum absolute atomic E-state index is 11.8. The number of hydrogen-bond acceptors (Lipinski definition) is 5. The van der Waals surface area contributed by atoms with Gasteiger partial charge in [0.15, 0.2) is 0 Å². The highest BCUT2D eigenvalue weighted by Crippen LogP contribution is 2.11. The molecule has 1 fully saturated rings. The molecule has 1 aliphatic heterocycles. The molecule has 4 amide bonds. The summed E-state index contributed by atoms with van der Waals surface area (Å²) in [6.07, 6.45) is 0. The zero-order valence-corrected chi connectivity index (χ0v) is 12.4. The number of ether oxygens (including phenoxy) is 2. The van der Waals surface area contributed by atoms with E-state index in [4.69, 9.17) is 9.47 Å². The fourth-order valence-electron chi connectivity index (χ4n) is 2.02. The Morgan fingerprint density at radius 2 is 1.59 bits per heavy atom. The summed E-state index contributed by atoms with van der Waals surface area (Å²) in [5.41, 5.74) is 0. The number of benzene rings is 1. The summed E-state index contributed by atoms with van der Waals surface area (Å²) in [6.45, 7) is 2.75. The molecule has 0 N–H and O–H groups in total. The third-order valence-corrected chi connectivity index (χ3v) is 3.15. The minimum Gasteiger partial charge on any atom is -0.491 e. The molecule has 0 atom stereocenters. The molecule has 1 aromatic carbocycles. The fraction of sp³-hybridized carbons (Fsp3) is 0.400. The number of imide groups is 2. The van der Waals surface area contributed by atoms with Crippen molar-refractivity contribution in [2.75, 3.05) is 32.9 Å². The summed E-state index contributed by atoms with van der Waals surface area (Å²) < 4.78 is 10.8. The first kappa shape index (κ1) is 16.0. The van der Waals surface area contributed by atoms with Gasteiger partial charge in [-0.3, -0.25) is 19.4 Å². The first-order valence-corrected chi connectivity index (χ1v) is 7.08. The average Bonchev–Trinajstić information content (AvgIpc) is 2.74. The molecule has 1 heterocycles. The van der Waals surface area contributed by atoms with Crippen LogP contribution in [0.3, 0.4) is 0 Å². The number of likely N-dealkylation sites (N-methyl/N-ethyl adjacent to an activating group) is 1. The van der Waals surface area contributed by atoms with E-state index in [0.717, 1.165) is 15.5 Å². The summed E-state index contributed by atoms with van der Waals surface area (Å²) in [7, 11) is 0. The highest BCUT2D eigenvalue weighted by atomic mass is 16.5. The minimum atomic E-state index is -0.795. The molecule has 7 heteroatoms. The molecule has 1 saturated heterocycles. The van der Waals surface area contributed by atoms with E-state index in [-0.39, 0.29) is 19.7 Å². The lowest BCUT2D eigenvalue weighted by molar-refractivity contribution is -0.143. The molecule has 7 nitrogen and oxygen atoms in total. The smallest absolute Gasteiger partial charge is 0.334 e. The van der Waals surface area contributed by atoms with Crippen LogP contribution in [0.15, 0.2) is 30.3 Å². The van der Waals surface area contributed by atoms with Gasteiger partial charge in [0, 0.05) is 6.54 Å². The molecule has 0 radical (unpaired) electrons. The predicted molar refractivity (Wildman–Crippen MR) is 77.3 cm³/mol. The van der Waals surface area contributed by atoms with Crippen molar-refractivity contribution in [1.29, 1.82) is 0 Å². The van der Waals surface area contributed by atoms with Crippen LogP contribution in [0.25, 0.3) is 0 Å². The normalized spacial score (nSPS) is 14.9. The highest BCUT2D eigenvalue weighted by Gasteiger charge is 2.43. The Morgan fingerprint density at radius 3 is 2.23 bits per heavy atom. The van der Waals surface area contributed by atoms with E-state index in [1.54, 1.807) is 6.92 Å². The maximum Gasteiger partial charge on any atom is 0.334 e. The molecule has 0 bridgehead atoms. The Balaban J connectivity index is 1.66. The molecule has 0 aromatic heterocycles. The summed E-state index contributed by atoms with van der Waals surface area (Å²) in [6, 6.07) is 8.74. The monoisotopic (exact) mass is 306 g/mol. The van der Waals surface area contributed by atoms with Crippen molar-refractivity contribution in [3.05, 3.63) is 30.3 Å². The number of carbonyl (C=O) groups excluding carboxylic acids is 3. The van der Waals surface area contributed by atoms with Crippen molar-refractivity contribution in [2.24, 2.45) is 0 Å². The molecule has 2 rings (SSSR count). The SMILES string of the molecule is CCN1C(=O)C(=O)N(CCOCCOc2ccccc2)C1=O. The third kappa shape index (κ3) is 3.62. The van der Waals surface area contributed by atoms with Gasteiger partial charge in [0.1, 0.15) is 12.4 Å². The molecular weight excluding hydrogens is 288 g/mol. The van der Waals surface area contributed by atoms with E-state index < -0.39 is 17.8 Å². The first-order chi connectivity index (χ1) is 10.6. The first-order valence-electron chi connectivity index (χ1n) is 7.08. The van der Waals surface area contributed by atoms with Crippen molar-refractivity contribution in [3.63, 3.8) is 0 Å². The van der Waals surface area contributed by atoms with Crippen LogP contribution in [0.1, 0.15) is 6.92 Å². The fourth-order valence-corrected chi connectivity index (χ4v) is 2.02. The largest absolute Gasteiger partial charge is 0.491 e. The third-order valence-electron chi connectivity index (χ3n) is 3.15. The van der Waals surface area contributed by atoms with Crippen LogP contribution >= 0.6 is 0 Å². The van der Waals surface area contributed by atoms with Gasteiger partial charge in [-0.05, 0) is 19.1 Å². The van der Waals surface area contributed by atoms with Crippen LogP contribution in [0.4, 0.5) is 4.79 Å². The predicted octanol–water partition coefficient (Wildman–Crippen LogP) is 0.893. The Morgan fingerprint density at radius 1 is 0.909 bits per heavy atom. The quantitative estimate of drug-likeness (QED) is 0.405. The van der Waals surface area contributed by atoms with E-state index in [1.807, 2.05) is 30.3 Å². The van der Waals surface area contributed by atoms with Crippen molar-refractivity contribution in [1.82, 2.24) is 9.80 Å². The summed E-state index contributed by atoms with van der Waals surface area (Å²) >= 11 is 0. The number of para-hydroxylation sites is 1. The lowest BCUT2D eigenvalue weighted by Gasteiger charge is -2.14. The van der Waals surface area contributed by atoms with Gasteiger partial charge in [-0.1, -0.05) is 18.2 Å². The zero-order valence-electron chi connectivity index (χ0n) is 12.4. The van der Waals surface area contributed by atoms with Crippen LogP contribution < -0.4 is 4.74 Å². The number of hydrogen-bond donors (Lipinski definition) is 0. The minimum absolute atomic E-state index is 0.0608. The van der Waals surface area contributed by atoms with Gasteiger partial charge in [-0.2, -0.15) is 0 Å². The van der Waals surface area contributed by atoms with Gasteiger partial charge in [0.2, 0.25) is 0 Å². The highest BCUT2D eigenvalue weighted by molar-refractivity contribution is 6.44. The van der Waals surface area contributed by atoms with Crippen molar-refractivity contribution < 1.29 is 23.9 Å². The van der Waals surface area contributed by atoms with E-state index >= 15 is 0 Å². The van der Waals surface area contributed by atoms with Crippen LogP contribution in [0.2, 0.25) is 0 Å². The van der Waals surface area contributed by atoms with Crippen LogP contribution in [-0.2, 0) is 14.3 Å². The van der Waals surface area contributed by atoms with Crippen LogP contribution in [0.5, 0.6) is 5.75 Å². The number of amides is 4. The molecule has 118 valence electrons. The molecular formula is C15H18N2O5. The number of nitrogens with zero attached hydrogens (tertiary/aromatic N) is 2. The molecule has 1 aromatic rings. The van der Waals surface area contributed by atoms with Crippen molar-refractivity contribution in [3.8, 4) is 5.75 Å². The van der Waals surface area contributed by atoms with Gasteiger partial charge in [-0.25, -0.2) is 4.79 Å². The molecule has 1 aliphatic rings. The molecule has 0 aliphatic carbocycles. The lowest BCUT2D eigenvalue weighted by atomic mass is 10.3.